The van der Waals surface area contributed by atoms with Gasteiger partial charge in [-0.15, -0.1) is 0 Å². The third-order valence-electron chi connectivity index (χ3n) is 6.25. The van der Waals surface area contributed by atoms with E-state index in [4.69, 9.17) is 4.74 Å². The molecule has 0 unspecified atom stereocenters. The largest absolute Gasteiger partial charge is 0.456 e. The predicted molar refractivity (Wildman–Crippen MR) is 143 cm³/mol. The maximum atomic E-state index is 13.1. The number of benzene rings is 2. The summed E-state index contributed by atoms with van der Waals surface area (Å²) in [7, 11) is 0. The molecule has 0 saturated carbocycles. The van der Waals surface area contributed by atoms with Crippen LogP contribution >= 0.6 is 0 Å². The molecule has 9 heteroatoms. The Labute approximate surface area is 213 Å². The van der Waals surface area contributed by atoms with Crippen LogP contribution in [0.4, 0.5) is 11.5 Å². The van der Waals surface area contributed by atoms with Crippen molar-refractivity contribution in [2.75, 3.05) is 36.4 Å². The molecule has 6 rings (SSSR count). The van der Waals surface area contributed by atoms with Crippen LogP contribution < -0.4 is 20.3 Å². The minimum absolute atomic E-state index is 0.306. The quantitative estimate of drug-likeness (QED) is 0.322. The first kappa shape index (κ1) is 22.7. The highest BCUT2D eigenvalue weighted by molar-refractivity contribution is 6.11. The fourth-order valence-electron chi connectivity index (χ4n) is 4.36. The molecule has 0 atom stereocenters. The van der Waals surface area contributed by atoms with Crippen LogP contribution in [0.3, 0.4) is 0 Å². The van der Waals surface area contributed by atoms with Gasteiger partial charge < -0.3 is 20.3 Å². The molecular weight excluding hydrogens is 466 g/mol. The lowest BCUT2D eigenvalue weighted by Crippen LogP contribution is -2.43. The molecule has 3 N–H and O–H groups in total. The van der Waals surface area contributed by atoms with Crippen molar-refractivity contribution >= 4 is 28.3 Å². The fraction of sp³-hybridized carbons (Fsp3) is 0.143. The number of H-pyrrole nitrogens is 1. The molecular formula is C28H25N7O2. The molecule has 9 nitrogen and oxygen atoms in total. The monoisotopic (exact) mass is 491 g/mol. The van der Waals surface area contributed by atoms with E-state index in [0.717, 1.165) is 59.8 Å². The third-order valence-corrected chi connectivity index (χ3v) is 6.25. The first-order valence-corrected chi connectivity index (χ1v) is 12.1. The highest BCUT2D eigenvalue weighted by atomic mass is 16.5. The van der Waals surface area contributed by atoms with Gasteiger partial charge in [0.1, 0.15) is 17.3 Å². The second-order valence-electron chi connectivity index (χ2n) is 8.75. The number of para-hydroxylation sites is 1. The normalized spacial score (nSPS) is 13.5. The average Bonchev–Trinajstić information content (AvgIpc) is 3.38. The summed E-state index contributed by atoms with van der Waals surface area (Å²) >= 11 is 0. The number of hydrogen-bond donors (Lipinski definition) is 3. The van der Waals surface area contributed by atoms with E-state index in [0.29, 0.717) is 17.1 Å². The van der Waals surface area contributed by atoms with Crippen LogP contribution in [-0.2, 0) is 0 Å². The number of aromatic amines is 1. The molecule has 184 valence electrons. The SMILES string of the molecule is O=C(Nc1ccc(N2CCNCC2)nc1)c1n[nH]c2ccc(-c3cncc(Oc4ccccc4)c3)cc12. The second-order valence-corrected chi connectivity index (χ2v) is 8.75. The zero-order chi connectivity index (χ0) is 25.0. The molecule has 1 amide bonds. The van der Waals surface area contributed by atoms with Crippen molar-refractivity contribution in [2.45, 2.75) is 0 Å². The molecule has 4 heterocycles. The Bertz CT molecular complexity index is 1530. The second kappa shape index (κ2) is 10.1. The molecule has 0 bridgehead atoms. The third kappa shape index (κ3) is 4.98. The highest BCUT2D eigenvalue weighted by Crippen LogP contribution is 2.29. The van der Waals surface area contributed by atoms with Gasteiger partial charge in [0.05, 0.1) is 23.6 Å². The van der Waals surface area contributed by atoms with Gasteiger partial charge in [-0.2, -0.15) is 5.10 Å². The number of amides is 1. The number of carbonyl (C=O) groups is 1. The van der Waals surface area contributed by atoms with Crippen molar-refractivity contribution < 1.29 is 9.53 Å². The van der Waals surface area contributed by atoms with E-state index in [-0.39, 0.29) is 5.91 Å². The zero-order valence-electron chi connectivity index (χ0n) is 20.0. The number of anilines is 2. The van der Waals surface area contributed by atoms with Crippen molar-refractivity contribution in [1.29, 1.82) is 0 Å². The molecule has 37 heavy (non-hydrogen) atoms. The van der Waals surface area contributed by atoms with Gasteiger partial charge in [0.15, 0.2) is 5.69 Å². The number of carbonyl (C=O) groups excluding carboxylic acids is 1. The number of ether oxygens (including phenoxy) is 1. The fourth-order valence-corrected chi connectivity index (χ4v) is 4.36. The van der Waals surface area contributed by atoms with Crippen molar-refractivity contribution in [3.63, 3.8) is 0 Å². The summed E-state index contributed by atoms with van der Waals surface area (Å²) in [6.07, 6.45) is 5.12. The molecule has 3 aromatic heterocycles. The molecule has 1 saturated heterocycles. The van der Waals surface area contributed by atoms with Gasteiger partial charge in [0.2, 0.25) is 0 Å². The summed E-state index contributed by atoms with van der Waals surface area (Å²) in [5, 5.41) is 14.2. The Morgan fingerprint density at radius 2 is 1.76 bits per heavy atom. The van der Waals surface area contributed by atoms with Crippen LogP contribution in [-0.4, -0.2) is 52.3 Å². The molecule has 0 radical (unpaired) electrons. The van der Waals surface area contributed by atoms with E-state index < -0.39 is 0 Å². The Balaban J connectivity index is 1.21. The molecule has 0 aliphatic carbocycles. The van der Waals surface area contributed by atoms with E-state index in [9.17, 15) is 4.79 Å². The van der Waals surface area contributed by atoms with Crippen LogP contribution in [0.15, 0.2) is 85.3 Å². The molecule has 1 aliphatic rings. The summed E-state index contributed by atoms with van der Waals surface area (Å²) < 4.78 is 5.93. The molecule has 1 fully saturated rings. The van der Waals surface area contributed by atoms with E-state index in [1.807, 2.05) is 66.7 Å². The summed E-state index contributed by atoms with van der Waals surface area (Å²) in [6, 6.07) is 21.1. The standard InChI is InChI=1S/C28H25N7O2/c36-28(32-21-7-9-26(31-17-21)35-12-10-29-11-13-35)27-24-15-19(6-8-25(24)33-34-27)20-14-23(18-30-16-20)37-22-4-2-1-3-5-22/h1-9,14-18,29H,10-13H2,(H,32,36)(H,33,34). The van der Waals surface area contributed by atoms with Crippen molar-refractivity contribution in [1.82, 2.24) is 25.5 Å². The van der Waals surface area contributed by atoms with Gasteiger partial charge >= 0.3 is 0 Å². The lowest BCUT2D eigenvalue weighted by atomic mass is 10.0. The average molecular weight is 492 g/mol. The van der Waals surface area contributed by atoms with Gasteiger partial charge in [-0.3, -0.25) is 14.9 Å². The van der Waals surface area contributed by atoms with Crippen LogP contribution in [0.2, 0.25) is 0 Å². The molecule has 2 aromatic carbocycles. The maximum absolute atomic E-state index is 13.1. The van der Waals surface area contributed by atoms with Crippen molar-refractivity contribution in [3.05, 3.63) is 91.0 Å². The Kier molecular flexibility index (Phi) is 6.18. The van der Waals surface area contributed by atoms with Crippen molar-refractivity contribution in [2.24, 2.45) is 0 Å². The Morgan fingerprint density at radius 3 is 2.57 bits per heavy atom. The van der Waals surface area contributed by atoms with Gasteiger partial charge in [0, 0.05) is 43.3 Å². The van der Waals surface area contributed by atoms with Gasteiger partial charge in [-0.25, -0.2) is 4.98 Å². The van der Waals surface area contributed by atoms with E-state index in [2.05, 4.69) is 35.7 Å². The number of nitrogens with one attached hydrogen (secondary N) is 3. The number of piperazine rings is 1. The number of fused-ring (bicyclic) bond motifs is 1. The topological polar surface area (TPSA) is 108 Å². The maximum Gasteiger partial charge on any atom is 0.276 e. The van der Waals surface area contributed by atoms with Crippen LogP contribution in [0.5, 0.6) is 11.5 Å². The van der Waals surface area contributed by atoms with Crippen LogP contribution in [0.1, 0.15) is 10.5 Å². The lowest BCUT2D eigenvalue weighted by molar-refractivity contribution is 0.102. The number of pyridine rings is 2. The van der Waals surface area contributed by atoms with Crippen LogP contribution in [0.25, 0.3) is 22.0 Å². The van der Waals surface area contributed by atoms with E-state index in [1.54, 1.807) is 18.6 Å². The molecule has 5 aromatic rings. The summed E-state index contributed by atoms with van der Waals surface area (Å²) in [6.45, 7) is 3.71. The number of rotatable bonds is 6. The number of nitrogens with zero attached hydrogens (tertiary/aromatic N) is 4. The Morgan fingerprint density at radius 1 is 0.892 bits per heavy atom. The summed E-state index contributed by atoms with van der Waals surface area (Å²) in [5.41, 5.74) is 3.47. The zero-order valence-corrected chi connectivity index (χ0v) is 20.0. The first-order valence-electron chi connectivity index (χ1n) is 12.1. The van der Waals surface area contributed by atoms with E-state index >= 15 is 0 Å². The minimum atomic E-state index is -0.306. The van der Waals surface area contributed by atoms with E-state index in [1.165, 1.54) is 0 Å². The predicted octanol–water partition coefficient (Wildman–Crippen LogP) is 4.47. The summed E-state index contributed by atoms with van der Waals surface area (Å²) in [5.74, 6) is 1.97. The number of hydrogen-bond acceptors (Lipinski definition) is 7. The highest BCUT2D eigenvalue weighted by Gasteiger charge is 2.17. The molecule has 1 aliphatic heterocycles. The van der Waals surface area contributed by atoms with Crippen molar-refractivity contribution in [3.8, 4) is 22.6 Å². The summed E-state index contributed by atoms with van der Waals surface area (Å²) in [4.78, 5) is 24.2. The molecule has 0 spiro atoms. The lowest BCUT2D eigenvalue weighted by Gasteiger charge is -2.28. The van der Waals surface area contributed by atoms with Gasteiger partial charge in [-0.1, -0.05) is 24.3 Å². The number of aromatic nitrogens is 4. The minimum Gasteiger partial charge on any atom is -0.456 e. The smallest absolute Gasteiger partial charge is 0.276 e. The van der Waals surface area contributed by atoms with Gasteiger partial charge in [0.25, 0.3) is 5.91 Å². The van der Waals surface area contributed by atoms with Gasteiger partial charge in [-0.05, 0) is 48.0 Å². The first-order chi connectivity index (χ1) is 18.2. The Hall–Kier alpha value is -4.76. The van der Waals surface area contributed by atoms with Crippen LogP contribution in [0, 0.1) is 0 Å².